The standard InChI is InChI=1S/C36H68NO9P/c1-3-5-7-9-11-13-15-16-17-19-21-23-25-27-29-43-30-33(31-44-47(41,42)45-32-34(37)36(39)40)46-35(38)28-26-24-22-20-18-14-12-10-8-6-4-2/h10,12,27,29,33-34H,3-9,11,13-26,28,30-32,37H2,1-2H3,(H,39,40)(H,41,42)/b12-10-,29-27-/t33-,34+/m1/s1. The molecular formula is C36H68NO9P. The van der Waals surface area contributed by atoms with Gasteiger partial charge in [-0.3, -0.25) is 18.6 Å². The maximum atomic E-state index is 12.5. The largest absolute Gasteiger partial charge is 0.498 e. The summed E-state index contributed by atoms with van der Waals surface area (Å²) in [5, 5.41) is 8.84. The molecule has 0 aromatic carbocycles. The summed E-state index contributed by atoms with van der Waals surface area (Å²) < 4.78 is 32.9. The lowest BCUT2D eigenvalue weighted by molar-refractivity contribution is -0.153. The minimum absolute atomic E-state index is 0.0684. The Morgan fingerprint density at radius 3 is 1.68 bits per heavy atom. The maximum Gasteiger partial charge on any atom is 0.472 e. The van der Waals surface area contributed by atoms with Crippen LogP contribution in [0.3, 0.4) is 0 Å². The van der Waals surface area contributed by atoms with E-state index in [1.54, 1.807) is 6.26 Å². The van der Waals surface area contributed by atoms with Gasteiger partial charge in [0.05, 0.1) is 19.5 Å². The van der Waals surface area contributed by atoms with Crippen LogP contribution >= 0.6 is 7.82 Å². The van der Waals surface area contributed by atoms with Gasteiger partial charge in [0.2, 0.25) is 0 Å². The third-order valence-corrected chi connectivity index (χ3v) is 8.75. The van der Waals surface area contributed by atoms with Crippen molar-refractivity contribution in [2.24, 2.45) is 5.73 Å². The van der Waals surface area contributed by atoms with Crippen LogP contribution in [-0.4, -0.2) is 53.9 Å². The first-order valence-corrected chi connectivity index (χ1v) is 19.9. The van der Waals surface area contributed by atoms with Crippen LogP contribution in [0.15, 0.2) is 24.5 Å². The molecule has 1 unspecified atom stereocenters. The summed E-state index contributed by atoms with van der Waals surface area (Å²) in [6, 6.07) is -1.48. The highest BCUT2D eigenvalue weighted by Gasteiger charge is 2.27. The average Bonchev–Trinajstić information content (AvgIpc) is 3.04. The normalized spacial score (nSPS) is 14.4. The Balaban J connectivity index is 4.38. The molecule has 0 saturated carbocycles. The van der Waals surface area contributed by atoms with Gasteiger partial charge in [-0.15, -0.1) is 0 Å². The number of hydrogen-bond acceptors (Lipinski definition) is 8. The Hall–Kier alpha value is -1.71. The number of unbranched alkanes of at least 4 members (excludes halogenated alkanes) is 19. The van der Waals surface area contributed by atoms with Crippen LogP contribution in [0.25, 0.3) is 0 Å². The molecule has 0 rings (SSSR count). The van der Waals surface area contributed by atoms with Gasteiger partial charge < -0.3 is 25.2 Å². The van der Waals surface area contributed by atoms with Gasteiger partial charge >= 0.3 is 19.8 Å². The number of carboxylic acids is 1. The molecule has 10 nitrogen and oxygen atoms in total. The van der Waals surface area contributed by atoms with Crippen LogP contribution in [0.5, 0.6) is 0 Å². The lowest BCUT2D eigenvalue weighted by Gasteiger charge is -2.20. The molecule has 0 spiro atoms. The quantitative estimate of drug-likeness (QED) is 0.0193. The van der Waals surface area contributed by atoms with Crippen molar-refractivity contribution in [2.45, 2.75) is 174 Å². The van der Waals surface area contributed by atoms with Gasteiger partial charge in [0, 0.05) is 6.42 Å². The number of allylic oxidation sites excluding steroid dienone is 3. The van der Waals surface area contributed by atoms with Gasteiger partial charge in [0.15, 0.2) is 6.10 Å². The van der Waals surface area contributed by atoms with Crippen molar-refractivity contribution < 1.29 is 42.7 Å². The van der Waals surface area contributed by atoms with Crippen molar-refractivity contribution in [2.75, 3.05) is 19.8 Å². The molecule has 0 bridgehead atoms. The molecule has 0 heterocycles. The molecule has 4 N–H and O–H groups in total. The van der Waals surface area contributed by atoms with Crippen LogP contribution in [0.1, 0.15) is 162 Å². The number of aliphatic carboxylic acids is 1. The fourth-order valence-electron chi connectivity index (χ4n) is 4.84. The summed E-state index contributed by atoms with van der Waals surface area (Å²) >= 11 is 0. The number of carbonyl (C=O) groups excluding carboxylic acids is 1. The first-order valence-electron chi connectivity index (χ1n) is 18.4. The molecule has 0 aliphatic heterocycles. The molecule has 11 heteroatoms. The second kappa shape index (κ2) is 32.8. The average molecular weight is 690 g/mol. The number of rotatable bonds is 35. The number of phosphoric acid groups is 1. The minimum atomic E-state index is -4.62. The number of hydrogen-bond donors (Lipinski definition) is 3. The number of carboxylic acid groups (broad SMARTS) is 1. The second-order valence-electron chi connectivity index (χ2n) is 12.4. The van der Waals surface area contributed by atoms with Gasteiger partial charge in [0.25, 0.3) is 0 Å². The summed E-state index contributed by atoms with van der Waals surface area (Å²) in [5.41, 5.74) is 5.32. The molecule has 276 valence electrons. The summed E-state index contributed by atoms with van der Waals surface area (Å²) in [6.45, 7) is 3.21. The Kier molecular flexibility index (Phi) is 31.6. The Labute approximate surface area is 285 Å². The van der Waals surface area contributed by atoms with Crippen LogP contribution < -0.4 is 5.73 Å². The van der Waals surface area contributed by atoms with E-state index in [9.17, 15) is 19.0 Å². The Bertz CT molecular complexity index is 852. The van der Waals surface area contributed by atoms with E-state index in [1.807, 2.05) is 6.08 Å². The van der Waals surface area contributed by atoms with E-state index in [0.717, 1.165) is 51.4 Å². The third-order valence-electron chi connectivity index (χ3n) is 7.80. The molecule has 0 amide bonds. The lowest BCUT2D eigenvalue weighted by Crippen LogP contribution is -2.34. The van der Waals surface area contributed by atoms with Crippen LogP contribution in [-0.2, 0) is 32.7 Å². The van der Waals surface area contributed by atoms with Crippen molar-refractivity contribution in [3.63, 3.8) is 0 Å². The first kappa shape index (κ1) is 45.3. The number of ether oxygens (including phenoxy) is 2. The minimum Gasteiger partial charge on any atom is -0.498 e. The molecule has 0 fully saturated rings. The first-order chi connectivity index (χ1) is 22.7. The van der Waals surface area contributed by atoms with Gasteiger partial charge in [-0.25, -0.2) is 4.57 Å². The molecule has 47 heavy (non-hydrogen) atoms. The van der Waals surface area contributed by atoms with Gasteiger partial charge in [-0.2, -0.15) is 0 Å². The fourth-order valence-corrected chi connectivity index (χ4v) is 5.62. The van der Waals surface area contributed by atoms with E-state index in [4.69, 9.17) is 24.8 Å². The highest BCUT2D eigenvalue weighted by Crippen LogP contribution is 2.43. The SMILES string of the molecule is CCCC/C=C\CCCCCCCC(=O)O[C@H](CO/C=C\CCCCCCCCCCCCCC)COP(=O)(O)OC[C@H](N)C(=O)O. The fraction of sp³-hybridized carbons (Fsp3) is 0.833. The Morgan fingerprint density at radius 2 is 1.13 bits per heavy atom. The van der Waals surface area contributed by atoms with Crippen molar-refractivity contribution in [1.82, 2.24) is 0 Å². The molecular weight excluding hydrogens is 621 g/mol. The maximum absolute atomic E-state index is 12.5. The lowest BCUT2D eigenvalue weighted by atomic mass is 10.0. The zero-order valence-corrected chi connectivity index (χ0v) is 30.5. The van der Waals surface area contributed by atoms with E-state index in [-0.39, 0.29) is 13.0 Å². The summed E-state index contributed by atoms with van der Waals surface area (Å²) in [5.74, 6) is -1.82. The van der Waals surface area contributed by atoms with Crippen molar-refractivity contribution >= 4 is 19.8 Å². The van der Waals surface area contributed by atoms with Crippen LogP contribution in [0.4, 0.5) is 0 Å². The Morgan fingerprint density at radius 1 is 0.660 bits per heavy atom. The smallest absolute Gasteiger partial charge is 0.472 e. The van der Waals surface area contributed by atoms with E-state index in [0.29, 0.717) is 6.42 Å². The van der Waals surface area contributed by atoms with Crippen LogP contribution in [0.2, 0.25) is 0 Å². The molecule has 0 saturated heterocycles. The summed E-state index contributed by atoms with van der Waals surface area (Å²) in [6.07, 6.45) is 33.2. The highest BCUT2D eigenvalue weighted by molar-refractivity contribution is 7.47. The van der Waals surface area contributed by atoms with Gasteiger partial charge in [-0.05, 0) is 44.6 Å². The number of esters is 1. The molecule has 0 aromatic heterocycles. The topological polar surface area (TPSA) is 155 Å². The number of phosphoric ester groups is 1. The zero-order valence-electron chi connectivity index (χ0n) is 29.6. The van der Waals surface area contributed by atoms with E-state index in [2.05, 4.69) is 30.5 Å². The molecule has 0 radical (unpaired) electrons. The van der Waals surface area contributed by atoms with Crippen molar-refractivity contribution in [1.29, 1.82) is 0 Å². The monoisotopic (exact) mass is 689 g/mol. The van der Waals surface area contributed by atoms with Crippen molar-refractivity contribution in [3.8, 4) is 0 Å². The van der Waals surface area contributed by atoms with Crippen LogP contribution in [0, 0.1) is 0 Å². The molecule has 0 aliphatic carbocycles. The van der Waals surface area contributed by atoms with E-state index in [1.165, 1.54) is 83.5 Å². The van der Waals surface area contributed by atoms with Gasteiger partial charge in [0.1, 0.15) is 12.6 Å². The highest BCUT2D eigenvalue weighted by atomic mass is 31.2. The van der Waals surface area contributed by atoms with E-state index >= 15 is 0 Å². The van der Waals surface area contributed by atoms with Crippen molar-refractivity contribution in [3.05, 3.63) is 24.5 Å². The predicted molar refractivity (Wildman–Crippen MR) is 189 cm³/mol. The zero-order chi connectivity index (χ0) is 34.9. The second-order valence-corrected chi connectivity index (χ2v) is 13.9. The summed E-state index contributed by atoms with van der Waals surface area (Å²) in [7, 11) is -4.62. The number of carbonyl (C=O) groups is 2. The third kappa shape index (κ3) is 32.6. The molecule has 0 aromatic rings. The number of nitrogens with two attached hydrogens (primary N) is 1. The summed E-state index contributed by atoms with van der Waals surface area (Å²) in [4.78, 5) is 33.3. The molecule has 0 aliphatic rings. The van der Waals surface area contributed by atoms with Gasteiger partial charge in [-0.1, -0.05) is 129 Å². The van der Waals surface area contributed by atoms with E-state index < -0.39 is 45.1 Å². The predicted octanol–water partition coefficient (Wildman–Crippen LogP) is 9.54. The molecule has 3 atom stereocenters.